The number of nitrogens with one attached hydrogen (secondary N) is 1. The Kier molecular flexibility index (Phi) is 8.58. The molecule has 0 radical (unpaired) electrons. The van der Waals surface area contributed by atoms with E-state index in [0.29, 0.717) is 35.1 Å². The van der Waals surface area contributed by atoms with Crippen molar-refractivity contribution in [3.8, 4) is 5.69 Å². The molecular formula is C27H29ClN4O4S. The van der Waals surface area contributed by atoms with Crippen LogP contribution >= 0.6 is 22.9 Å². The van der Waals surface area contributed by atoms with Crippen LogP contribution in [0.25, 0.3) is 5.69 Å². The monoisotopic (exact) mass is 540 g/mol. The number of amides is 2. The van der Waals surface area contributed by atoms with Gasteiger partial charge in [-0.05, 0) is 68.7 Å². The maximum Gasteiger partial charge on any atom is 0.255 e. The number of Topliss-reactive ketones (excluding diaryl/α,β-unsaturated/α-hetero) is 1. The largest absolute Gasteiger partial charge is 0.346 e. The van der Waals surface area contributed by atoms with Crippen molar-refractivity contribution >= 4 is 40.5 Å². The summed E-state index contributed by atoms with van der Waals surface area (Å²) in [7, 11) is 0. The minimum Gasteiger partial charge on any atom is -0.346 e. The second kappa shape index (κ2) is 11.9. The van der Waals surface area contributed by atoms with E-state index in [1.54, 1.807) is 54.7 Å². The van der Waals surface area contributed by atoms with E-state index in [1.807, 2.05) is 4.90 Å². The average Bonchev–Trinajstić information content (AvgIpc) is 3.65. The number of pyridine rings is 1. The van der Waals surface area contributed by atoms with Gasteiger partial charge in [-0.1, -0.05) is 17.7 Å². The van der Waals surface area contributed by atoms with Gasteiger partial charge in [-0.2, -0.15) is 0 Å². The summed E-state index contributed by atoms with van der Waals surface area (Å²) in [5.74, 6) is 0.198. The quantitative estimate of drug-likeness (QED) is 0.481. The fourth-order valence-corrected chi connectivity index (χ4v) is 5.02. The molecule has 3 aromatic rings. The summed E-state index contributed by atoms with van der Waals surface area (Å²) in [6, 6.07) is 14.8. The van der Waals surface area contributed by atoms with Crippen LogP contribution in [-0.4, -0.2) is 52.2 Å². The maximum absolute atomic E-state index is 12.7. The SMILES string of the molecule is CC(=O)c1ccc(Cl)s1.N[C@@H]1CCN(C(=O)C2CC2)C[C@@H]1NC(=O)c1ccc(-n2ccccc2=O)cc1. The van der Waals surface area contributed by atoms with Gasteiger partial charge >= 0.3 is 0 Å². The van der Waals surface area contributed by atoms with Crippen molar-refractivity contribution in [1.29, 1.82) is 0 Å². The van der Waals surface area contributed by atoms with Crippen molar-refractivity contribution in [2.75, 3.05) is 13.1 Å². The van der Waals surface area contributed by atoms with Crippen molar-refractivity contribution in [3.05, 3.63) is 85.9 Å². The topological polar surface area (TPSA) is 114 Å². The molecule has 37 heavy (non-hydrogen) atoms. The van der Waals surface area contributed by atoms with Crippen molar-refractivity contribution in [2.45, 2.75) is 38.3 Å². The molecule has 1 aliphatic carbocycles. The van der Waals surface area contributed by atoms with Gasteiger partial charge in [-0.3, -0.25) is 23.7 Å². The highest BCUT2D eigenvalue weighted by atomic mass is 35.5. The van der Waals surface area contributed by atoms with Gasteiger partial charge in [0.05, 0.1) is 15.3 Å². The van der Waals surface area contributed by atoms with Gasteiger partial charge in [0.1, 0.15) is 0 Å². The molecule has 2 atom stereocenters. The van der Waals surface area contributed by atoms with Crippen LogP contribution in [0.1, 0.15) is 46.2 Å². The zero-order valence-corrected chi connectivity index (χ0v) is 22.0. The van der Waals surface area contributed by atoms with Crippen LogP contribution in [0.3, 0.4) is 0 Å². The number of halogens is 1. The molecular weight excluding hydrogens is 512 g/mol. The summed E-state index contributed by atoms with van der Waals surface area (Å²) >= 11 is 6.88. The summed E-state index contributed by atoms with van der Waals surface area (Å²) in [4.78, 5) is 50.0. The van der Waals surface area contributed by atoms with Crippen molar-refractivity contribution in [2.24, 2.45) is 11.7 Å². The van der Waals surface area contributed by atoms with E-state index in [-0.39, 0.29) is 41.2 Å². The molecule has 1 aromatic carbocycles. The highest BCUT2D eigenvalue weighted by molar-refractivity contribution is 7.18. The number of nitrogens with zero attached hydrogens (tertiary/aromatic N) is 2. The number of carbonyl (C=O) groups is 3. The standard InChI is InChI=1S/C21H24N4O3.C6H5ClOS/c22-17-10-12-24(21(28)15-4-5-15)13-18(17)23-20(27)14-6-8-16(9-7-14)25-11-2-1-3-19(25)26;1-4(8)5-2-3-6(7)9-5/h1-3,6-9,11,15,17-18H,4-5,10,12-13,22H2,(H,23,27);2-3H,1H3/t17-,18+;/m1./s1. The summed E-state index contributed by atoms with van der Waals surface area (Å²) in [6.45, 7) is 2.64. The molecule has 0 spiro atoms. The first kappa shape index (κ1) is 26.8. The smallest absolute Gasteiger partial charge is 0.255 e. The fraction of sp³-hybridized carbons (Fsp3) is 0.333. The van der Waals surface area contributed by atoms with Gasteiger partial charge in [0.25, 0.3) is 11.5 Å². The molecule has 8 nitrogen and oxygen atoms in total. The van der Waals surface area contributed by atoms with E-state index in [9.17, 15) is 19.2 Å². The molecule has 3 heterocycles. The Hall–Kier alpha value is -3.27. The van der Waals surface area contributed by atoms with Crippen molar-refractivity contribution in [1.82, 2.24) is 14.8 Å². The van der Waals surface area contributed by atoms with Crippen molar-refractivity contribution < 1.29 is 14.4 Å². The molecule has 2 aliphatic rings. The first-order valence-corrected chi connectivity index (χ1v) is 13.3. The molecule has 10 heteroatoms. The zero-order chi connectivity index (χ0) is 26.5. The van der Waals surface area contributed by atoms with Crippen LogP contribution < -0.4 is 16.6 Å². The third kappa shape index (κ3) is 6.94. The Labute approximate surface area is 224 Å². The summed E-state index contributed by atoms with van der Waals surface area (Å²) in [6.07, 6.45) is 4.30. The summed E-state index contributed by atoms with van der Waals surface area (Å²) in [5.41, 5.74) is 7.24. The Bertz CT molecular complexity index is 1330. The first-order valence-electron chi connectivity index (χ1n) is 12.1. The fourth-order valence-electron chi connectivity index (χ4n) is 4.08. The van der Waals surface area contributed by atoms with E-state index in [4.69, 9.17) is 17.3 Å². The lowest BCUT2D eigenvalue weighted by molar-refractivity contribution is -0.134. The highest BCUT2D eigenvalue weighted by Gasteiger charge is 2.37. The Morgan fingerprint density at radius 2 is 1.76 bits per heavy atom. The van der Waals surface area contributed by atoms with Gasteiger partial charge < -0.3 is 16.0 Å². The lowest BCUT2D eigenvalue weighted by Gasteiger charge is -2.37. The summed E-state index contributed by atoms with van der Waals surface area (Å²) < 4.78 is 2.18. The third-order valence-electron chi connectivity index (χ3n) is 6.37. The number of benzene rings is 1. The van der Waals surface area contributed by atoms with Gasteiger partial charge in [-0.25, -0.2) is 0 Å². The molecule has 194 valence electrons. The molecule has 2 fully saturated rings. The molecule has 2 amide bonds. The Balaban J connectivity index is 0.000000301. The number of hydrogen-bond acceptors (Lipinski definition) is 6. The number of rotatable bonds is 5. The number of carbonyl (C=O) groups excluding carboxylic acids is 3. The average molecular weight is 541 g/mol. The van der Waals surface area contributed by atoms with E-state index >= 15 is 0 Å². The number of aromatic nitrogens is 1. The molecule has 0 unspecified atom stereocenters. The molecule has 3 N–H and O–H groups in total. The Morgan fingerprint density at radius 3 is 2.32 bits per heavy atom. The van der Waals surface area contributed by atoms with Crippen LogP contribution in [-0.2, 0) is 4.79 Å². The van der Waals surface area contributed by atoms with Gasteiger partial charge in [-0.15, -0.1) is 11.3 Å². The van der Waals surface area contributed by atoms with E-state index < -0.39 is 0 Å². The van der Waals surface area contributed by atoms with Gasteiger partial charge in [0.2, 0.25) is 5.91 Å². The Morgan fingerprint density at radius 1 is 1.03 bits per heavy atom. The predicted molar refractivity (Wildman–Crippen MR) is 145 cm³/mol. The number of hydrogen-bond donors (Lipinski definition) is 2. The number of likely N-dealkylation sites (tertiary alicyclic amines) is 1. The first-order chi connectivity index (χ1) is 17.7. The normalized spacial score (nSPS) is 18.9. The molecule has 5 rings (SSSR count). The van der Waals surface area contributed by atoms with E-state index in [1.165, 1.54) is 28.9 Å². The minimum absolute atomic E-state index is 0.0758. The van der Waals surface area contributed by atoms with Crippen LogP contribution in [0.5, 0.6) is 0 Å². The van der Waals surface area contributed by atoms with Crippen LogP contribution in [0.2, 0.25) is 4.34 Å². The number of thiophene rings is 1. The highest BCUT2D eigenvalue weighted by Crippen LogP contribution is 2.31. The minimum atomic E-state index is -0.264. The van der Waals surface area contributed by atoms with Gasteiger partial charge in [0.15, 0.2) is 5.78 Å². The summed E-state index contributed by atoms with van der Waals surface area (Å²) in [5, 5.41) is 2.97. The third-order valence-corrected chi connectivity index (χ3v) is 7.70. The molecule has 1 saturated carbocycles. The number of nitrogens with two attached hydrogens (primary N) is 1. The van der Waals surface area contributed by atoms with Crippen LogP contribution in [0, 0.1) is 5.92 Å². The number of ketones is 1. The second-order valence-corrected chi connectivity index (χ2v) is 10.9. The lowest BCUT2D eigenvalue weighted by Crippen LogP contribution is -2.59. The van der Waals surface area contributed by atoms with Gasteiger partial charge in [0, 0.05) is 48.6 Å². The molecule has 1 saturated heterocycles. The van der Waals surface area contributed by atoms with E-state index in [0.717, 1.165) is 17.7 Å². The number of piperidine rings is 1. The lowest BCUT2D eigenvalue weighted by atomic mass is 9.99. The predicted octanol–water partition coefficient (Wildman–Crippen LogP) is 3.51. The molecule has 1 aliphatic heterocycles. The van der Waals surface area contributed by atoms with Crippen LogP contribution in [0.4, 0.5) is 0 Å². The second-order valence-electron chi connectivity index (χ2n) is 9.21. The van der Waals surface area contributed by atoms with Crippen LogP contribution in [0.15, 0.2) is 65.6 Å². The molecule has 0 bridgehead atoms. The van der Waals surface area contributed by atoms with E-state index in [2.05, 4.69) is 5.32 Å². The maximum atomic E-state index is 12.7. The van der Waals surface area contributed by atoms with Crippen molar-refractivity contribution in [3.63, 3.8) is 0 Å². The molecule has 2 aromatic heterocycles. The zero-order valence-electron chi connectivity index (χ0n) is 20.4.